The maximum Gasteiger partial charge on any atom is 0.303 e. The van der Waals surface area contributed by atoms with Gasteiger partial charge in [-0.05, 0) is 32.1 Å². The zero-order chi connectivity index (χ0) is 19.5. The highest BCUT2D eigenvalue weighted by molar-refractivity contribution is 5.66. The maximum absolute atomic E-state index is 10.4. The quantitative estimate of drug-likeness (QED) is 0.235. The van der Waals surface area contributed by atoms with Crippen molar-refractivity contribution in [2.24, 2.45) is 0 Å². The Balaban J connectivity index is 3.22. The van der Waals surface area contributed by atoms with Gasteiger partial charge >= 0.3 is 5.97 Å². The van der Waals surface area contributed by atoms with E-state index in [0.717, 1.165) is 64.2 Å². The van der Waals surface area contributed by atoms with Crippen molar-refractivity contribution in [2.75, 3.05) is 0 Å². The molecule has 0 aliphatic rings. The zero-order valence-electron chi connectivity index (χ0n) is 17.1. The summed E-state index contributed by atoms with van der Waals surface area (Å²) in [6.45, 7) is 2.13. The normalized spacial score (nSPS) is 13.7. The van der Waals surface area contributed by atoms with Crippen molar-refractivity contribution in [3.8, 4) is 0 Å². The van der Waals surface area contributed by atoms with Crippen molar-refractivity contribution in [1.82, 2.24) is 0 Å². The van der Waals surface area contributed by atoms with Gasteiger partial charge in [0.1, 0.15) is 0 Å². The average molecular weight is 373 g/mol. The topological polar surface area (TPSA) is 77.8 Å². The molecule has 0 aliphatic carbocycles. The number of carboxylic acids is 1. The summed E-state index contributed by atoms with van der Waals surface area (Å²) in [5, 5.41) is 28.3. The first-order valence-electron chi connectivity index (χ1n) is 11.1. The van der Waals surface area contributed by atoms with Gasteiger partial charge in [-0.15, -0.1) is 0 Å². The molecular weight excluding hydrogens is 328 g/mol. The molecule has 156 valence electrons. The first-order valence-corrected chi connectivity index (χ1v) is 11.1. The minimum atomic E-state index is -0.679. The minimum absolute atomic E-state index is 0.234. The van der Waals surface area contributed by atoms with Crippen molar-refractivity contribution < 1.29 is 20.1 Å². The fraction of sp³-hybridized carbons (Fsp3) is 0.955. The van der Waals surface area contributed by atoms with E-state index < -0.39 is 5.97 Å². The number of unbranched alkanes of at least 4 members (excludes halogenated alkanes) is 11. The summed E-state index contributed by atoms with van der Waals surface area (Å²) < 4.78 is 0. The highest BCUT2D eigenvalue weighted by Crippen LogP contribution is 2.15. The second kappa shape index (κ2) is 19.2. The zero-order valence-corrected chi connectivity index (χ0v) is 17.1. The van der Waals surface area contributed by atoms with E-state index in [0.29, 0.717) is 6.42 Å². The van der Waals surface area contributed by atoms with E-state index in [1.807, 2.05) is 0 Å². The molecule has 0 bridgehead atoms. The van der Waals surface area contributed by atoms with Gasteiger partial charge in [-0.1, -0.05) is 84.0 Å². The van der Waals surface area contributed by atoms with E-state index in [2.05, 4.69) is 6.92 Å². The fourth-order valence-electron chi connectivity index (χ4n) is 3.36. The monoisotopic (exact) mass is 372 g/mol. The molecule has 0 spiro atoms. The highest BCUT2D eigenvalue weighted by atomic mass is 16.4. The number of hydrogen-bond donors (Lipinski definition) is 3. The molecule has 0 saturated heterocycles. The largest absolute Gasteiger partial charge is 0.481 e. The summed E-state index contributed by atoms with van der Waals surface area (Å²) in [6, 6.07) is 0. The average Bonchev–Trinajstić information content (AvgIpc) is 2.61. The van der Waals surface area contributed by atoms with Crippen LogP contribution in [0.4, 0.5) is 0 Å². The van der Waals surface area contributed by atoms with Crippen molar-refractivity contribution in [3.63, 3.8) is 0 Å². The molecular formula is C22H44O4. The summed E-state index contributed by atoms with van der Waals surface area (Å²) in [5.41, 5.74) is 0. The maximum atomic E-state index is 10.4. The Bertz CT molecular complexity index is 307. The van der Waals surface area contributed by atoms with Crippen LogP contribution in [0.5, 0.6) is 0 Å². The molecule has 2 unspecified atom stereocenters. The number of hydrogen-bond acceptors (Lipinski definition) is 3. The van der Waals surface area contributed by atoms with Gasteiger partial charge in [-0.2, -0.15) is 0 Å². The second-order valence-electron chi connectivity index (χ2n) is 7.85. The summed E-state index contributed by atoms with van der Waals surface area (Å²) in [5.74, 6) is -0.679. The van der Waals surface area contributed by atoms with E-state index in [-0.39, 0.29) is 12.2 Å². The third kappa shape index (κ3) is 19.7. The summed E-state index contributed by atoms with van der Waals surface area (Å²) in [4.78, 5) is 10.4. The molecule has 4 heteroatoms. The van der Waals surface area contributed by atoms with Crippen molar-refractivity contribution in [1.29, 1.82) is 0 Å². The first-order chi connectivity index (χ1) is 12.6. The minimum Gasteiger partial charge on any atom is -0.481 e. The summed E-state index contributed by atoms with van der Waals surface area (Å²) in [6.07, 6.45) is 18.2. The molecule has 0 heterocycles. The van der Waals surface area contributed by atoms with Crippen molar-refractivity contribution >= 4 is 5.97 Å². The van der Waals surface area contributed by atoms with Crippen LogP contribution in [-0.2, 0) is 4.79 Å². The van der Waals surface area contributed by atoms with Gasteiger partial charge in [-0.25, -0.2) is 0 Å². The molecule has 26 heavy (non-hydrogen) atoms. The van der Waals surface area contributed by atoms with Gasteiger partial charge in [0.2, 0.25) is 0 Å². The lowest BCUT2D eigenvalue weighted by Gasteiger charge is -2.14. The third-order valence-corrected chi connectivity index (χ3v) is 5.15. The Labute approximate surface area is 161 Å². The Morgan fingerprint density at radius 2 is 1.00 bits per heavy atom. The van der Waals surface area contributed by atoms with Crippen LogP contribution in [-0.4, -0.2) is 33.5 Å². The standard InChI is InChI=1S/C22H44O4/c1-2-3-15-20(23)18-19-21(24)16-13-11-9-7-5-4-6-8-10-12-14-17-22(25)26/h20-21,23-24H,2-19H2,1H3,(H,25,26). The lowest BCUT2D eigenvalue weighted by molar-refractivity contribution is -0.137. The summed E-state index contributed by atoms with van der Waals surface area (Å²) >= 11 is 0. The number of rotatable bonds is 20. The third-order valence-electron chi connectivity index (χ3n) is 5.15. The van der Waals surface area contributed by atoms with Gasteiger partial charge < -0.3 is 15.3 Å². The molecule has 0 amide bonds. The number of aliphatic carboxylic acids is 1. The van der Waals surface area contributed by atoms with Crippen LogP contribution in [0.3, 0.4) is 0 Å². The molecule has 0 aromatic carbocycles. The van der Waals surface area contributed by atoms with Crippen LogP contribution in [0, 0.1) is 0 Å². The van der Waals surface area contributed by atoms with Crippen LogP contribution in [0.1, 0.15) is 122 Å². The van der Waals surface area contributed by atoms with E-state index in [4.69, 9.17) is 5.11 Å². The smallest absolute Gasteiger partial charge is 0.303 e. The molecule has 0 aromatic rings. The predicted octanol–water partition coefficient (Wildman–Crippen LogP) is 5.83. The Kier molecular flexibility index (Phi) is 18.7. The molecule has 0 aliphatic heterocycles. The van der Waals surface area contributed by atoms with E-state index >= 15 is 0 Å². The van der Waals surface area contributed by atoms with Crippen LogP contribution < -0.4 is 0 Å². The van der Waals surface area contributed by atoms with E-state index in [1.165, 1.54) is 44.9 Å². The SMILES string of the molecule is CCCCC(O)CCC(O)CCCCCCCCCCCCCC(=O)O. The van der Waals surface area contributed by atoms with Gasteiger partial charge in [0, 0.05) is 6.42 Å². The molecule has 0 rings (SSSR count). The second-order valence-corrected chi connectivity index (χ2v) is 7.85. The lowest BCUT2D eigenvalue weighted by atomic mass is 10.0. The number of carbonyl (C=O) groups is 1. The van der Waals surface area contributed by atoms with E-state index in [1.54, 1.807) is 0 Å². The van der Waals surface area contributed by atoms with Crippen molar-refractivity contribution in [2.45, 2.75) is 135 Å². The van der Waals surface area contributed by atoms with Crippen LogP contribution >= 0.6 is 0 Å². The molecule has 0 aromatic heterocycles. The van der Waals surface area contributed by atoms with Crippen molar-refractivity contribution in [3.05, 3.63) is 0 Å². The molecule has 0 radical (unpaired) electrons. The van der Waals surface area contributed by atoms with Crippen LogP contribution in [0.2, 0.25) is 0 Å². The Morgan fingerprint density at radius 3 is 1.42 bits per heavy atom. The fourth-order valence-corrected chi connectivity index (χ4v) is 3.36. The van der Waals surface area contributed by atoms with Gasteiger partial charge in [0.25, 0.3) is 0 Å². The van der Waals surface area contributed by atoms with Gasteiger partial charge in [0.05, 0.1) is 12.2 Å². The first kappa shape index (κ1) is 25.4. The molecule has 3 N–H and O–H groups in total. The molecule has 0 fully saturated rings. The number of carboxylic acid groups (broad SMARTS) is 1. The molecule has 4 nitrogen and oxygen atoms in total. The van der Waals surface area contributed by atoms with Crippen LogP contribution in [0.25, 0.3) is 0 Å². The molecule has 2 atom stereocenters. The lowest BCUT2D eigenvalue weighted by Crippen LogP contribution is -2.13. The van der Waals surface area contributed by atoms with Gasteiger partial charge in [0.15, 0.2) is 0 Å². The number of aliphatic hydroxyl groups excluding tert-OH is 2. The highest BCUT2D eigenvalue weighted by Gasteiger charge is 2.08. The Hall–Kier alpha value is -0.610. The summed E-state index contributed by atoms with van der Waals surface area (Å²) in [7, 11) is 0. The Morgan fingerprint density at radius 1 is 0.615 bits per heavy atom. The van der Waals surface area contributed by atoms with Crippen LogP contribution in [0.15, 0.2) is 0 Å². The van der Waals surface area contributed by atoms with Gasteiger partial charge in [-0.3, -0.25) is 4.79 Å². The number of aliphatic hydroxyl groups is 2. The van der Waals surface area contributed by atoms with E-state index in [9.17, 15) is 15.0 Å². The predicted molar refractivity (Wildman–Crippen MR) is 108 cm³/mol. The molecule has 0 saturated carbocycles.